The number of nitrogens with zero attached hydrogens (tertiary/aromatic N) is 2. The Bertz CT molecular complexity index is 335. The van der Waals surface area contributed by atoms with Gasteiger partial charge < -0.3 is 5.32 Å². The van der Waals surface area contributed by atoms with Crippen molar-refractivity contribution in [2.75, 3.05) is 0 Å². The van der Waals surface area contributed by atoms with Gasteiger partial charge in [0.25, 0.3) is 5.91 Å². The van der Waals surface area contributed by atoms with Crippen LogP contribution in [0.1, 0.15) is 30.8 Å². The van der Waals surface area contributed by atoms with Crippen LogP contribution in [0, 0.1) is 0 Å². The summed E-state index contributed by atoms with van der Waals surface area (Å²) < 4.78 is 1.52. The smallest absolute Gasteiger partial charge is 0.273 e. The van der Waals surface area contributed by atoms with Gasteiger partial charge in [-0.2, -0.15) is 5.10 Å². The standard InChI is InChI=1S/C9H14ClN3O/c1-4-6(2)11-9(14)8-7(10)5-13(3)12-8/h5-6H,4H2,1-3H3,(H,11,14). The molecule has 1 unspecified atom stereocenters. The Labute approximate surface area is 88.2 Å². The molecule has 0 bridgehead atoms. The van der Waals surface area contributed by atoms with Crippen LogP contribution in [0.4, 0.5) is 0 Å². The largest absolute Gasteiger partial charge is 0.348 e. The zero-order chi connectivity index (χ0) is 10.7. The number of nitrogens with one attached hydrogen (secondary N) is 1. The molecule has 1 aromatic rings. The van der Waals surface area contributed by atoms with Crippen molar-refractivity contribution in [2.24, 2.45) is 7.05 Å². The summed E-state index contributed by atoms with van der Waals surface area (Å²) in [6.07, 6.45) is 2.49. The number of carbonyl (C=O) groups excluding carboxylic acids is 1. The summed E-state index contributed by atoms with van der Waals surface area (Å²) in [5.74, 6) is -0.218. The van der Waals surface area contributed by atoms with Crippen LogP contribution in [0.15, 0.2) is 6.20 Å². The predicted molar refractivity (Wildman–Crippen MR) is 55.4 cm³/mol. The number of halogens is 1. The van der Waals surface area contributed by atoms with E-state index in [1.165, 1.54) is 4.68 Å². The van der Waals surface area contributed by atoms with Crippen molar-refractivity contribution in [2.45, 2.75) is 26.3 Å². The molecule has 0 fully saturated rings. The third-order valence-corrected chi connectivity index (χ3v) is 2.27. The summed E-state index contributed by atoms with van der Waals surface area (Å²) in [6.45, 7) is 3.94. The molecular weight excluding hydrogens is 202 g/mol. The molecule has 14 heavy (non-hydrogen) atoms. The molecular formula is C9H14ClN3O. The second kappa shape index (κ2) is 4.46. The van der Waals surface area contributed by atoms with E-state index in [4.69, 9.17) is 11.6 Å². The van der Waals surface area contributed by atoms with E-state index >= 15 is 0 Å². The third kappa shape index (κ3) is 2.48. The van der Waals surface area contributed by atoms with Crippen molar-refractivity contribution in [1.29, 1.82) is 0 Å². The average molecular weight is 216 g/mol. The van der Waals surface area contributed by atoms with Gasteiger partial charge in [0.1, 0.15) is 0 Å². The molecule has 0 spiro atoms. The van der Waals surface area contributed by atoms with Crippen LogP contribution < -0.4 is 5.32 Å². The molecule has 78 valence electrons. The molecule has 1 heterocycles. The summed E-state index contributed by atoms with van der Waals surface area (Å²) in [5, 5.41) is 7.15. The van der Waals surface area contributed by atoms with Crippen LogP contribution in [0.2, 0.25) is 5.02 Å². The maximum Gasteiger partial charge on any atom is 0.273 e. The van der Waals surface area contributed by atoms with Gasteiger partial charge in [-0.3, -0.25) is 9.48 Å². The highest BCUT2D eigenvalue weighted by molar-refractivity contribution is 6.33. The van der Waals surface area contributed by atoms with E-state index < -0.39 is 0 Å². The minimum Gasteiger partial charge on any atom is -0.348 e. The normalized spacial score (nSPS) is 12.6. The molecule has 5 heteroatoms. The lowest BCUT2D eigenvalue weighted by atomic mass is 10.2. The van der Waals surface area contributed by atoms with Gasteiger partial charge >= 0.3 is 0 Å². The second-order valence-electron chi connectivity index (χ2n) is 3.28. The summed E-state index contributed by atoms with van der Waals surface area (Å²) in [4.78, 5) is 11.6. The van der Waals surface area contributed by atoms with Crippen molar-refractivity contribution in [3.05, 3.63) is 16.9 Å². The van der Waals surface area contributed by atoms with E-state index in [9.17, 15) is 4.79 Å². The van der Waals surface area contributed by atoms with Gasteiger partial charge in [0.2, 0.25) is 0 Å². The highest BCUT2D eigenvalue weighted by Crippen LogP contribution is 2.12. The van der Waals surface area contributed by atoms with E-state index in [0.717, 1.165) is 6.42 Å². The zero-order valence-electron chi connectivity index (χ0n) is 8.54. The predicted octanol–water partition coefficient (Wildman–Crippen LogP) is 1.60. The average Bonchev–Trinajstić information content (AvgIpc) is 2.45. The van der Waals surface area contributed by atoms with Crippen LogP contribution >= 0.6 is 11.6 Å². The third-order valence-electron chi connectivity index (χ3n) is 1.99. The van der Waals surface area contributed by atoms with Gasteiger partial charge in [0.15, 0.2) is 5.69 Å². The van der Waals surface area contributed by atoms with E-state index in [1.54, 1.807) is 13.2 Å². The number of carbonyl (C=O) groups is 1. The van der Waals surface area contributed by atoms with Crippen LogP contribution in [0.3, 0.4) is 0 Å². The quantitative estimate of drug-likeness (QED) is 0.833. The molecule has 1 rings (SSSR count). The molecule has 0 aliphatic rings. The highest BCUT2D eigenvalue weighted by atomic mass is 35.5. The fourth-order valence-electron chi connectivity index (χ4n) is 1.01. The topological polar surface area (TPSA) is 46.9 Å². The lowest BCUT2D eigenvalue weighted by molar-refractivity contribution is 0.0933. The maximum absolute atomic E-state index is 11.6. The monoisotopic (exact) mass is 215 g/mol. The molecule has 1 aromatic heterocycles. The molecule has 0 saturated heterocycles. The SMILES string of the molecule is CCC(C)NC(=O)c1nn(C)cc1Cl. The van der Waals surface area contributed by atoms with Crippen LogP contribution in [0.25, 0.3) is 0 Å². The van der Waals surface area contributed by atoms with Crippen molar-refractivity contribution in [3.8, 4) is 0 Å². The Morgan fingerprint density at radius 3 is 2.86 bits per heavy atom. The van der Waals surface area contributed by atoms with E-state index in [2.05, 4.69) is 10.4 Å². The molecule has 0 aliphatic carbocycles. The first kappa shape index (κ1) is 11.0. The second-order valence-corrected chi connectivity index (χ2v) is 3.69. The molecule has 1 N–H and O–H groups in total. The Morgan fingerprint density at radius 1 is 1.79 bits per heavy atom. The first-order chi connectivity index (χ1) is 6.54. The minimum atomic E-state index is -0.218. The van der Waals surface area contributed by atoms with Crippen molar-refractivity contribution in [3.63, 3.8) is 0 Å². The van der Waals surface area contributed by atoms with Crippen LogP contribution in [-0.2, 0) is 7.05 Å². The number of aryl methyl sites for hydroxylation is 1. The maximum atomic E-state index is 11.6. The summed E-state index contributed by atoms with van der Waals surface area (Å²) in [5.41, 5.74) is 0.287. The Balaban J connectivity index is 2.74. The molecule has 0 aliphatic heterocycles. The molecule has 0 aromatic carbocycles. The number of amides is 1. The fourth-order valence-corrected chi connectivity index (χ4v) is 1.27. The Morgan fingerprint density at radius 2 is 2.43 bits per heavy atom. The number of rotatable bonds is 3. The summed E-state index contributed by atoms with van der Waals surface area (Å²) in [6, 6.07) is 0.139. The highest BCUT2D eigenvalue weighted by Gasteiger charge is 2.15. The number of hydrogen-bond acceptors (Lipinski definition) is 2. The molecule has 1 amide bonds. The number of aromatic nitrogens is 2. The Kier molecular flexibility index (Phi) is 3.52. The Hall–Kier alpha value is -1.03. The van der Waals surface area contributed by atoms with Crippen LogP contribution in [0.5, 0.6) is 0 Å². The van der Waals surface area contributed by atoms with Crippen molar-refractivity contribution in [1.82, 2.24) is 15.1 Å². The minimum absolute atomic E-state index is 0.139. The van der Waals surface area contributed by atoms with Gasteiger partial charge in [0.05, 0.1) is 5.02 Å². The van der Waals surface area contributed by atoms with Gasteiger partial charge in [0, 0.05) is 19.3 Å². The molecule has 0 radical (unpaired) electrons. The van der Waals surface area contributed by atoms with E-state index in [-0.39, 0.29) is 17.6 Å². The lowest BCUT2D eigenvalue weighted by Crippen LogP contribution is -2.32. The van der Waals surface area contributed by atoms with Gasteiger partial charge in [-0.15, -0.1) is 0 Å². The molecule has 4 nitrogen and oxygen atoms in total. The van der Waals surface area contributed by atoms with Crippen molar-refractivity contribution < 1.29 is 4.79 Å². The van der Waals surface area contributed by atoms with Gasteiger partial charge in [-0.05, 0) is 13.3 Å². The van der Waals surface area contributed by atoms with Gasteiger partial charge in [-0.25, -0.2) is 0 Å². The fraction of sp³-hybridized carbons (Fsp3) is 0.556. The van der Waals surface area contributed by atoms with E-state index in [1.807, 2.05) is 13.8 Å². The van der Waals surface area contributed by atoms with E-state index in [0.29, 0.717) is 5.02 Å². The summed E-state index contributed by atoms with van der Waals surface area (Å²) >= 11 is 5.82. The first-order valence-corrected chi connectivity index (χ1v) is 4.92. The van der Waals surface area contributed by atoms with Crippen LogP contribution in [-0.4, -0.2) is 21.7 Å². The lowest BCUT2D eigenvalue weighted by Gasteiger charge is -2.09. The zero-order valence-corrected chi connectivity index (χ0v) is 9.30. The first-order valence-electron chi connectivity index (χ1n) is 4.54. The number of hydrogen-bond donors (Lipinski definition) is 1. The summed E-state index contributed by atoms with van der Waals surface area (Å²) in [7, 11) is 1.73. The van der Waals surface area contributed by atoms with Crippen molar-refractivity contribution >= 4 is 17.5 Å². The molecule has 0 saturated carbocycles. The van der Waals surface area contributed by atoms with Gasteiger partial charge in [-0.1, -0.05) is 18.5 Å². The molecule has 1 atom stereocenters.